The van der Waals surface area contributed by atoms with E-state index in [-0.39, 0.29) is 30.3 Å². The lowest BCUT2D eigenvalue weighted by Gasteiger charge is -2.13. The van der Waals surface area contributed by atoms with Crippen molar-refractivity contribution in [1.82, 2.24) is 4.90 Å². The molecule has 7 nitrogen and oxygen atoms in total. The zero-order valence-corrected chi connectivity index (χ0v) is 9.83. The Morgan fingerprint density at radius 1 is 1.16 bits per heavy atom. The lowest BCUT2D eigenvalue weighted by molar-refractivity contribution is -0.137. The summed E-state index contributed by atoms with van der Waals surface area (Å²) >= 11 is 0. The van der Waals surface area contributed by atoms with Gasteiger partial charge in [0.05, 0.1) is 13.2 Å². The van der Waals surface area contributed by atoms with E-state index in [1.54, 1.807) is 0 Å². The number of carbonyl (C=O) groups excluding carboxylic acids is 2. The molecule has 7 heteroatoms. The second-order valence-corrected chi connectivity index (χ2v) is 3.91. The Balaban J connectivity index is 2.16. The summed E-state index contributed by atoms with van der Waals surface area (Å²) in [6, 6.07) is 3.93. The maximum Gasteiger partial charge on any atom is 0.277 e. The second-order valence-electron chi connectivity index (χ2n) is 3.91. The first-order valence-electron chi connectivity index (χ1n) is 5.50. The molecule has 0 unspecified atom stereocenters. The smallest absolute Gasteiger partial charge is 0.277 e. The van der Waals surface area contributed by atoms with Gasteiger partial charge >= 0.3 is 0 Å². The molecule has 0 spiro atoms. The van der Waals surface area contributed by atoms with Gasteiger partial charge in [-0.2, -0.15) is 0 Å². The fourth-order valence-corrected chi connectivity index (χ4v) is 1.67. The number of aliphatic hydroxyl groups is 1. The Morgan fingerprint density at radius 2 is 1.89 bits per heavy atom. The van der Waals surface area contributed by atoms with Gasteiger partial charge in [0.25, 0.3) is 11.8 Å². The van der Waals surface area contributed by atoms with Gasteiger partial charge in [-0.3, -0.25) is 14.5 Å². The van der Waals surface area contributed by atoms with Crippen molar-refractivity contribution >= 4 is 17.5 Å². The number of rotatable bonds is 4. The first kappa shape index (κ1) is 12.9. The molecular formula is C12H12N2O5. The van der Waals surface area contributed by atoms with Crippen LogP contribution in [-0.2, 0) is 9.59 Å². The third-order valence-electron chi connectivity index (χ3n) is 2.59. The number of amides is 2. The number of anilines is 1. The van der Waals surface area contributed by atoms with E-state index in [0.717, 1.165) is 11.0 Å². The quantitative estimate of drug-likeness (QED) is 0.339. The molecule has 2 rings (SSSR count). The van der Waals surface area contributed by atoms with Crippen molar-refractivity contribution in [2.45, 2.75) is 0 Å². The minimum absolute atomic E-state index is 0.0449. The molecule has 1 aromatic rings. The molecule has 1 aromatic carbocycles. The van der Waals surface area contributed by atoms with E-state index in [0.29, 0.717) is 5.69 Å². The molecule has 19 heavy (non-hydrogen) atoms. The molecular weight excluding hydrogens is 252 g/mol. The molecule has 0 atom stereocenters. The summed E-state index contributed by atoms with van der Waals surface area (Å²) in [5.41, 5.74) is 0.400. The van der Waals surface area contributed by atoms with Crippen LogP contribution in [0.1, 0.15) is 0 Å². The van der Waals surface area contributed by atoms with E-state index in [2.05, 4.69) is 5.32 Å². The predicted octanol–water partition coefficient (Wildman–Crippen LogP) is -0.245. The molecule has 0 saturated heterocycles. The van der Waals surface area contributed by atoms with Crippen LogP contribution in [0.15, 0.2) is 30.0 Å². The Hall–Kier alpha value is -2.54. The third kappa shape index (κ3) is 2.50. The monoisotopic (exact) mass is 264 g/mol. The van der Waals surface area contributed by atoms with Crippen LogP contribution in [0.3, 0.4) is 0 Å². The summed E-state index contributed by atoms with van der Waals surface area (Å²) in [5.74, 6) is -1.68. The fourth-order valence-electron chi connectivity index (χ4n) is 1.67. The highest BCUT2D eigenvalue weighted by molar-refractivity contribution is 6.17. The van der Waals surface area contributed by atoms with Gasteiger partial charge in [0, 0.05) is 17.8 Å². The molecule has 0 bridgehead atoms. The van der Waals surface area contributed by atoms with Crippen LogP contribution in [0.2, 0.25) is 0 Å². The van der Waals surface area contributed by atoms with Gasteiger partial charge in [0.15, 0.2) is 11.5 Å². The molecule has 0 aromatic heterocycles. The van der Waals surface area contributed by atoms with Gasteiger partial charge in [0.2, 0.25) is 0 Å². The number of β-amino-alcohol motifs (C(OH)–C–C–N with tert-alkyl or cyclic N) is 1. The molecule has 0 saturated carbocycles. The highest BCUT2D eigenvalue weighted by Crippen LogP contribution is 2.28. The van der Waals surface area contributed by atoms with Crippen molar-refractivity contribution in [3.63, 3.8) is 0 Å². The minimum atomic E-state index is -0.549. The minimum Gasteiger partial charge on any atom is -0.504 e. The number of phenols is 2. The van der Waals surface area contributed by atoms with E-state index in [1.165, 1.54) is 18.2 Å². The van der Waals surface area contributed by atoms with Crippen LogP contribution in [-0.4, -0.2) is 45.2 Å². The Morgan fingerprint density at radius 3 is 2.53 bits per heavy atom. The molecule has 100 valence electrons. The topological polar surface area (TPSA) is 110 Å². The number of carbonyl (C=O) groups is 2. The number of aromatic hydroxyl groups is 2. The number of benzene rings is 1. The molecule has 0 fully saturated rings. The lowest BCUT2D eigenvalue weighted by Crippen LogP contribution is -2.34. The van der Waals surface area contributed by atoms with E-state index in [1.807, 2.05) is 0 Å². The number of aliphatic hydroxyl groups excluding tert-OH is 1. The van der Waals surface area contributed by atoms with Crippen molar-refractivity contribution < 1.29 is 24.9 Å². The first-order chi connectivity index (χ1) is 9.02. The average Bonchev–Trinajstić information content (AvgIpc) is 2.62. The number of nitrogens with one attached hydrogen (secondary N) is 1. The molecule has 1 aliphatic heterocycles. The highest BCUT2D eigenvalue weighted by Gasteiger charge is 2.30. The summed E-state index contributed by atoms with van der Waals surface area (Å²) in [6.45, 7) is -0.376. The number of imide groups is 1. The lowest BCUT2D eigenvalue weighted by atomic mass is 10.2. The van der Waals surface area contributed by atoms with Crippen LogP contribution < -0.4 is 5.32 Å². The van der Waals surface area contributed by atoms with Crippen molar-refractivity contribution in [2.75, 3.05) is 18.5 Å². The Bertz CT molecular complexity index is 567. The molecule has 4 N–H and O–H groups in total. The van der Waals surface area contributed by atoms with Gasteiger partial charge in [0.1, 0.15) is 5.70 Å². The van der Waals surface area contributed by atoms with Crippen LogP contribution in [0.25, 0.3) is 0 Å². The standard InChI is InChI=1S/C12H12N2O5/c15-4-3-14-11(18)6-8(12(14)19)13-7-1-2-9(16)10(17)5-7/h1-2,5-6,13,15-17H,3-4H2. The number of hydrogen-bond acceptors (Lipinski definition) is 6. The van der Waals surface area contributed by atoms with Gasteiger partial charge in [-0.25, -0.2) is 0 Å². The maximum absolute atomic E-state index is 11.8. The van der Waals surface area contributed by atoms with Crippen LogP contribution in [0.4, 0.5) is 5.69 Å². The van der Waals surface area contributed by atoms with Crippen molar-refractivity contribution in [3.05, 3.63) is 30.0 Å². The zero-order chi connectivity index (χ0) is 14.0. The zero-order valence-electron chi connectivity index (χ0n) is 9.83. The summed E-state index contributed by atoms with van der Waals surface area (Å²) in [7, 11) is 0. The summed E-state index contributed by atoms with van der Waals surface area (Å²) < 4.78 is 0. The molecule has 2 amide bonds. The van der Waals surface area contributed by atoms with Crippen molar-refractivity contribution in [2.24, 2.45) is 0 Å². The van der Waals surface area contributed by atoms with E-state index < -0.39 is 11.8 Å². The Kier molecular flexibility index (Phi) is 3.39. The normalized spacial score (nSPS) is 14.8. The SMILES string of the molecule is O=C1C=C(Nc2ccc(O)c(O)c2)C(=O)N1CCO. The van der Waals surface area contributed by atoms with E-state index in [4.69, 9.17) is 10.2 Å². The molecule has 0 aliphatic carbocycles. The number of phenolic OH excluding ortho intramolecular Hbond substituents is 2. The largest absolute Gasteiger partial charge is 0.504 e. The highest BCUT2D eigenvalue weighted by atomic mass is 16.3. The van der Waals surface area contributed by atoms with E-state index in [9.17, 15) is 14.7 Å². The van der Waals surface area contributed by atoms with Gasteiger partial charge in [-0.15, -0.1) is 0 Å². The third-order valence-corrected chi connectivity index (χ3v) is 2.59. The predicted molar refractivity (Wildman–Crippen MR) is 65.3 cm³/mol. The Labute approximate surface area is 108 Å². The molecule has 1 heterocycles. The summed E-state index contributed by atoms with van der Waals surface area (Å²) in [4.78, 5) is 24.2. The molecule has 0 radical (unpaired) electrons. The molecule has 1 aliphatic rings. The van der Waals surface area contributed by atoms with Gasteiger partial charge in [-0.1, -0.05) is 0 Å². The van der Waals surface area contributed by atoms with Crippen LogP contribution in [0, 0.1) is 0 Å². The fraction of sp³-hybridized carbons (Fsp3) is 0.167. The van der Waals surface area contributed by atoms with Crippen molar-refractivity contribution in [1.29, 1.82) is 0 Å². The number of hydrogen-bond donors (Lipinski definition) is 4. The van der Waals surface area contributed by atoms with Crippen LogP contribution >= 0.6 is 0 Å². The van der Waals surface area contributed by atoms with Gasteiger partial charge < -0.3 is 20.6 Å². The summed E-state index contributed by atoms with van der Waals surface area (Å²) in [5, 5.41) is 29.9. The average molecular weight is 264 g/mol. The summed E-state index contributed by atoms with van der Waals surface area (Å²) in [6.07, 6.45) is 1.11. The van der Waals surface area contributed by atoms with E-state index >= 15 is 0 Å². The second kappa shape index (κ2) is 4.99. The van der Waals surface area contributed by atoms with Crippen molar-refractivity contribution in [3.8, 4) is 11.5 Å². The van der Waals surface area contributed by atoms with Crippen LogP contribution in [0.5, 0.6) is 11.5 Å². The maximum atomic E-state index is 11.8. The number of nitrogens with zero attached hydrogens (tertiary/aromatic N) is 1. The van der Waals surface area contributed by atoms with Gasteiger partial charge in [-0.05, 0) is 12.1 Å². The first-order valence-corrected chi connectivity index (χ1v) is 5.50.